The number of nitrogens with zero attached hydrogens (tertiary/aromatic N) is 4. The van der Waals surface area contributed by atoms with Crippen molar-refractivity contribution in [3.8, 4) is 11.4 Å². The topological polar surface area (TPSA) is 49.3 Å². The van der Waals surface area contributed by atoms with Crippen molar-refractivity contribution in [1.82, 2.24) is 9.97 Å². The van der Waals surface area contributed by atoms with Gasteiger partial charge in [-0.2, -0.15) is 0 Å². The Bertz CT molecular complexity index is 893. The summed E-state index contributed by atoms with van der Waals surface area (Å²) in [5, 5.41) is 0. The molecule has 0 aliphatic rings. The van der Waals surface area contributed by atoms with E-state index in [0.29, 0.717) is 11.5 Å². The van der Waals surface area contributed by atoms with E-state index in [2.05, 4.69) is 23.7 Å². The van der Waals surface area contributed by atoms with Crippen molar-refractivity contribution in [3.63, 3.8) is 0 Å². The molecule has 0 saturated carbocycles. The zero-order valence-corrected chi connectivity index (χ0v) is 16.0. The van der Waals surface area contributed by atoms with E-state index in [1.165, 1.54) is 0 Å². The molecule has 0 radical (unpaired) electrons. The molecule has 0 saturated heterocycles. The second kappa shape index (κ2) is 8.45. The molecule has 1 heterocycles. The maximum absolute atomic E-state index is 13.1. The zero-order valence-electron chi connectivity index (χ0n) is 16.0. The maximum atomic E-state index is 13.1. The lowest BCUT2D eigenvalue weighted by Crippen LogP contribution is -2.29. The summed E-state index contributed by atoms with van der Waals surface area (Å²) >= 11 is 0. The molecule has 27 heavy (non-hydrogen) atoms. The van der Waals surface area contributed by atoms with Gasteiger partial charge in [0.2, 0.25) is 0 Å². The van der Waals surface area contributed by atoms with Crippen LogP contribution < -0.4 is 9.80 Å². The smallest absolute Gasteiger partial charge is 0.276 e. The third kappa shape index (κ3) is 4.14. The molecule has 1 amide bonds. The highest BCUT2D eigenvalue weighted by Gasteiger charge is 2.19. The van der Waals surface area contributed by atoms with Gasteiger partial charge in [-0.25, -0.2) is 9.97 Å². The number of hydrogen-bond donors (Lipinski definition) is 0. The summed E-state index contributed by atoms with van der Waals surface area (Å²) < 4.78 is 0. The molecule has 0 unspecified atom stereocenters. The number of carbonyl (C=O) groups is 1. The van der Waals surface area contributed by atoms with Gasteiger partial charge in [0, 0.05) is 37.5 Å². The van der Waals surface area contributed by atoms with Gasteiger partial charge in [0.15, 0.2) is 5.82 Å². The first-order chi connectivity index (χ1) is 13.1. The van der Waals surface area contributed by atoms with E-state index in [-0.39, 0.29) is 5.91 Å². The van der Waals surface area contributed by atoms with Gasteiger partial charge in [-0.1, -0.05) is 48.5 Å². The summed E-state index contributed by atoms with van der Waals surface area (Å²) in [6.07, 6.45) is 0. The Morgan fingerprint density at radius 1 is 0.889 bits per heavy atom. The maximum Gasteiger partial charge on any atom is 0.276 e. The van der Waals surface area contributed by atoms with E-state index in [1.807, 2.05) is 60.7 Å². The summed E-state index contributed by atoms with van der Waals surface area (Å²) in [5.41, 5.74) is 2.10. The predicted octanol–water partition coefficient (Wildman–Crippen LogP) is 4.27. The highest BCUT2D eigenvalue weighted by atomic mass is 16.2. The van der Waals surface area contributed by atoms with Crippen LogP contribution in [0.1, 0.15) is 24.3 Å². The fraction of sp³-hybridized carbons (Fsp3) is 0.227. The van der Waals surface area contributed by atoms with E-state index in [4.69, 9.17) is 4.98 Å². The molecular weight excluding hydrogens is 336 g/mol. The molecule has 0 spiro atoms. The number of para-hydroxylation sites is 1. The van der Waals surface area contributed by atoms with Crippen LogP contribution in [0.25, 0.3) is 11.4 Å². The van der Waals surface area contributed by atoms with Crippen molar-refractivity contribution >= 4 is 17.4 Å². The number of aromatic nitrogens is 2. The lowest BCUT2D eigenvalue weighted by molar-refractivity contribution is 0.0988. The molecule has 138 valence electrons. The van der Waals surface area contributed by atoms with Crippen LogP contribution in [0.4, 0.5) is 11.5 Å². The highest BCUT2D eigenvalue weighted by molar-refractivity contribution is 6.05. The Morgan fingerprint density at radius 2 is 1.48 bits per heavy atom. The lowest BCUT2D eigenvalue weighted by atomic mass is 10.2. The van der Waals surface area contributed by atoms with Crippen LogP contribution >= 0.6 is 0 Å². The minimum atomic E-state index is -0.158. The van der Waals surface area contributed by atoms with Crippen molar-refractivity contribution in [2.24, 2.45) is 0 Å². The number of rotatable bonds is 6. The van der Waals surface area contributed by atoms with Crippen molar-refractivity contribution < 1.29 is 4.79 Å². The first-order valence-electron chi connectivity index (χ1n) is 9.16. The normalized spacial score (nSPS) is 10.5. The molecule has 2 aromatic carbocycles. The first-order valence-corrected chi connectivity index (χ1v) is 9.16. The Morgan fingerprint density at radius 3 is 2.07 bits per heavy atom. The van der Waals surface area contributed by atoms with Crippen LogP contribution in [-0.4, -0.2) is 36.0 Å². The molecular formula is C22H24N4O. The van der Waals surface area contributed by atoms with Gasteiger partial charge in [0.25, 0.3) is 5.91 Å². The zero-order chi connectivity index (χ0) is 19.2. The molecule has 5 heteroatoms. The molecule has 3 rings (SSSR count). The van der Waals surface area contributed by atoms with E-state index < -0.39 is 0 Å². The Kier molecular flexibility index (Phi) is 5.81. The third-order valence-corrected chi connectivity index (χ3v) is 4.50. The van der Waals surface area contributed by atoms with E-state index in [0.717, 1.165) is 30.2 Å². The van der Waals surface area contributed by atoms with Gasteiger partial charge in [0.05, 0.1) is 0 Å². The number of anilines is 2. The van der Waals surface area contributed by atoms with Crippen LogP contribution in [0.15, 0.2) is 66.7 Å². The van der Waals surface area contributed by atoms with Gasteiger partial charge in [-0.15, -0.1) is 0 Å². The van der Waals surface area contributed by atoms with Crippen molar-refractivity contribution in [2.45, 2.75) is 13.8 Å². The summed E-state index contributed by atoms with van der Waals surface area (Å²) in [6, 6.07) is 21.1. The van der Waals surface area contributed by atoms with E-state index in [1.54, 1.807) is 18.0 Å². The minimum absolute atomic E-state index is 0.158. The molecule has 3 aromatic rings. The van der Waals surface area contributed by atoms with Crippen molar-refractivity contribution in [2.75, 3.05) is 29.9 Å². The summed E-state index contributed by atoms with van der Waals surface area (Å²) in [5.74, 6) is 1.16. The molecule has 0 aliphatic heterocycles. The van der Waals surface area contributed by atoms with Gasteiger partial charge in [-0.05, 0) is 26.0 Å². The van der Waals surface area contributed by atoms with Gasteiger partial charge in [-0.3, -0.25) is 4.79 Å². The minimum Gasteiger partial charge on any atom is -0.357 e. The second-order valence-electron chi connectivity index (χ2n) is 6.17. The van der Waals surface area contributed by atoms with Gasteiger partial charge >= 0.3 is 0 Å². The first kappa shape index (κ1) is 18.6. The SMILES string of the molecule is CCN(CC)c1cc(C(=O)N(C)c2ccccc2)nc(-c2ccccc2)n1. The molecule has 0 atom stereocenters. The van der Waals surface area contributed by atoms with Gasteiger partial charge in [0.1, 0.15) is 11.5 Å². The lowest BCUT2D eigenvalue weighted by Gasteiger charge is -2.22. The van der Waals surface area contributed by atoms with Crippen LogP contribution in [-0.2, 0) is 0 Å². The summed E-state index contributed by atoms with van der Waals surface area (Å²) in [6.45, 7) is 5.77. The van der Waals surface area contributed by atoms with Crippen molar-refractivity contribution in [3.05, 3.63) is 72.4 Å². The predicted molar refractivity (Wildman–Crippen MR) is 110 cm³/mol. The molecule has 0 N–H and O–H groups in total. The monoisotopic (exact) mass is 360 g/mol. The molecule has 0 aliphatic carbocycles. The quantitative estimate of drug-likeness (QED) is 0.659. The van der Waals surface area contributed by atoms with Crippen LogP contribution in [0.2, 0.25) is 0 Å². The third-order valence-electron chi connectivity index (χ3n) is 4.50. The number of benzene rings is 2. The number of carbonyl (C=O) groups excluding carboxylic acids is 1. The largest absolute Gasteiger partial charge is 0.357 e. The Labute approximate surface area is 160 Å². The highest BCUT2D eigenvalue weighted by Crippen LogP contribution is 2.22. The van der Waals surface area contributed by atoms with Crippen LogP contribution in [0.3, 0.4) is 0 Å². The summed E-state index contributed by atoms with van der Waals surface area (Å²) in [7, 11) is 1.76. The Hall–Kier alpha value is -3.21. The van der Waals surface area contributed by atoms with Gasteiger partial charge < -0.3 is 9.80 Å². The molecule has 0 fully saturated rings. The van der Waals surface area contributed by atoms with Crippen molar-refractivity contribution in [1.29, 1.82) is 0 Å². The van der Waals surface area contributed by atoms with Crippen LogP contribution in [0.5, 0.6) is 0 Å². The Balaban J connectivity index is 2.05. The average Bonchev–Trinajstić information content (AvgIpc) is 2.74. The number of amides is 1. The average molecular weight is 360 g/mol. The van der Waals surface area contributed by atoms with Crippen LogP contribution in [0, 0.1) is 0 Å². The summed E-state index contributed by atoms with van der Waals surface area (Å²) in [4.78, 5) is 26.1. The fourth-order valence-corrected chi connectivity index (χ4v) is 2.91. The molecule has 0 bridgehead atoms. The molecule has 1 aromatic heterocycles. The fourth-order valence-electron chi connectivity index (χ4n) is 2.91. The second-order valence-corrected chi connectivity index (χ2v) is 6.17. The van der Waals surface area contributed by atoms with E-state index in [9.17, 15) is 4.79 Å². The number of hydrogen-bond acceptors (Lipinski definition) is 4. The standard InChI is InChI=1S/C22H24N4O/c1-4-26(5-2)20-16-19(22(27)25(3)18-14-10-7-11-15-18)23-21(24-20)17-12-8-6-9-13-17/h6-16H,4-5H2,1-3H3. The molecule has 5 nitrogen and oxygen atoms in total. The van der Waals surface area contributed by atoms with E-state index >= 15 is 0 Å².